The number of hydrogen-bond donors (Lipinski definition) is 1. The van der Waals surface area contributed by atoms with E-state index < -0.39 is 5.82 Å². The number of imidazole rings is 1. The molecule has 0 atom stereocenters. The molecule has 0 radical (unpaired) electrons. The van der Waals surface area contributed by atoms with E-state index in [0.717, 1.165) is 11.0 Å². The second-order valence-corrected chi connectivity index (χ2v) is 5.58. The highest BCUT2D eigenvalue weighted by atomic mass is 35.5. The van der Waals surface area contributed by atoms with E-state index in [1.807, 2.05) is 30.5 Å². The minimum atomic E-state index is -0.420. The fourth-order valence-electron chi connectivity index (χ4n) is 2.49. The predicted molar refractivity (Wildman–Crippen MR) is 82.2 cm³/mol. The van der Waals surface area contributed by atoms with Gasteiger partial charge < -0.3 is 9.67 Å². The van der Waals surface area contributed by atoms with Gasteiger partial charge in [0.05, 0.1) is 21.6 Å². The van der Waals surface area contributed by atoms with E-state index in [4.69, 9.17) is 11.6 Å². The summed E-state index contributed by atoms with van der Waals surface area (Å²) in [5.74, 6) is 0.0751. The monoisotopic (exact) mass is 304 g/mol. The van der Waals surface area contributed by atoms with Crippen LogP contribution < -0.4 is 0 Å². The molecule has 0 spiro atoms. The van der Waals surface area contributed by atoms with Gasteiger partial charge >= 0.3 is 0 Å². The van der Waals surface area contributed by atoms with E-state index in [-0.39, 0.29) is 11.8 Å². The van der Waals surface area contributed by atoms with Crippen molar-refractivity contribution in [2.75, 3.05) is 0 Å². The van der Waals surface area contributed by atoms with Crippen LogP contribution in [-0.4, -0.2) is 14.7 Å². The summed E-state index contributed by atoms with van der Waals surface area (Å²) in [5, 5.41) is 10.6. The van der Waals surface area contributed by atoms with E-state index in [2.05, 4.69) is 4.98 Å². The molecule has 0 unspecified atom stereocenters. The molecule has 0 aliphatic rings. The second kappa shape index (κ2) is 5.04. The maximum Gasteiger partial charge on any atom is 0.145 e. The van der Waals surface area contributed by atoms with Gasteiger partial charge in [0.2, 0.25) is 0 Å². The molecule has 108 valence electrons. The minimum absolute atomic E-state index is 0.00951. The highest BCUT2D eigenvalue weighted by Gasteiger charge is 2.19. The zero-order valence-electron chi connectivity index (χ0n) is 11.6. The van der Waals surface area contributed by atoms with Crippen LogP contribution in [0.3, 0.4) is 0 Å². The highest BCUT2D eigenvalue weighted by molar-refractivity contribution is 6.35. The Bertz CT molecular complexity index is 827. The van der Waals surface area contributed by atoms with Crippen molar-refractivity contribution in [3.63, 3.8) is 0 Å². The summed E-state index contributed by atoms with van der Waals surface area (Å²) in [6, 6.07) is 9.35. The van der Waals surface area contributed by atoms with Gasteiger partial charge in [-0.1, -0.05) is 17.7 Å². The number of phenolic OH excluding ortho intramolecular Hbond substituents is 1. The standard InChI is InChI=1S/C16H14ClFN2O/c1-9(2)20-15-12(17)4-3-5-13(15)19-16(20)11-8-10(18)6-7-14(11)21/h3-9,21H,1-2H3. The maximum atomic E-state index is 13.5. The molecular weight excluding hydrogens is 291 g/mol. The minimum Gasteiger partial charge on any atom is -0.507 e. The number of halogens is 2. The second-order valence-electron chi connectivity index (χ2n) is 5.17. The molecule has 3 rings (SSSR count). The van der Waals surface area contributed by atoms with Crippen molar-refractivity contribution in [3.05, 3.63) is 47.2 Å². The van der Waals surface area contributed by atoms with Gasteiger partial charge in [-0.3, -0.25) is 0 Å². The Labute approximate surface area is 126 Å². The van der Waals surface area contributed by atoms with Gasteiger partial charge in [0, 0.05) is 6.04 Å². The van der Waals surface area contributed by atoms with Gasteiger partial charge in [-0.05, 0) is 44.2 Å². The first-order chi connectivity index (χ1) is 9.99. The molecule has 0 amide bonds. The van der Waals surface area contributed by atoms with Crippen LogP contribution in [0.1, 0.15) is 19.9 Å². The van der Waals surface area contributed by atoms with Crippen molar-refractivity contribution in [1.29, 1.82) is 0 Å². The fourth-order valence-corrected chi connectivity index (χ4v) is 2.75. The Hall–Kier alpha value is -2.07. The third-order valence-corrected chi connectivity index (χ3v) is 3.68. The molecule has 5 heteroatoms. The normalized spacial score (nSPS) is 11.5. The van der Waals surface area contributed by atoms with Crippen LogP contribution in [0.15, 0.2) is 36.4 Å². The van der Waals surface area contributed by atoms with Crippen molar-refractivity contribution in [2.45, 2.75) is 19.9 Å². The Kier molecular flexibility index (Phi) is 3.33. The molecule has 0 fully saturated rings. The summed E-state index contributed by atoms with van der Waals surface area (Å²) in [4.78, 5) is 4.52. The molecule has 0 aliphatic heterocycles. The number of nitrogens with zero attached hydrogens (tertiary/aromatic N) is 2. The molecule has 3 nitrogen and oxygen atoms in total. The molecule has 1 N–H and O–H groups in total. The average molecular weight is 305 g/mol. The summed E-state index contributed by atoms with van der Waals surface area (Å²) in [6.07, 6.45) is 0. The Balaban J connectivity index is 2.40. The van der Waals surface area contributed by atoms with Crippen molar-refractivity contribution in [1.82, 2.24) is 9.55 Å². The van der Waals surface area contributed by atoms with E-state index >= 15 is 0 Å². The molecule has 1 heterocycles. The van der Waals surface area contributed by atoms with Gasteiger partial charge in [-0.15, -0.1) is 0 Å². The maximum absolute atomic E-state index is 13.5. The van der Waals surface area contributed by atoms with Gasteiger partial charge in [0.1, 0.15) is 17.4 Å². The van der Waals surface area contributed by atoms with Crippen LogP contribution in [0.25, 0.3) is 22.4 Å². The van der Waals surface area contributed by atoms with Crippen molar-refractivity contribution >= 4 is 22.6 Å². The third-order valence-electron chi connectivity index (χ3n) is 3.38. The fraction of sp³-hybridized carbons (Fsp3) is 0.188. The topological polar surface area (TPSA) is 38.0 Å². The number of rotatable bonds is 2. The average Bonchev–Trinajstić information content (AvgIpc) is 2.82. The van der Waals surface area contributed by atoms with Crippen LogP contribution in [0.2, 0.25) is 5.02 Å². The lowest BCUT2D eigenvalue weighted by Gasteiger charge is -2.14. The zero-order chi connectivity index (χ0) is 15.1. The Morgan fingerprint density at radius 2 is 2.00 bits per heavy atom. The molecule has 0 saturated carbocycles. The number of phenols is 1. The largest absolute Gasteiger partial charge is 0.507 e. The summed E-state index contributed by atoms with van der Waals surface area (Å²) >= 11 is 6.28. The lowest BCUT2D eigenvalue weighted by atomic mass is 10.1. The van der Waals surface area contributed by atoms with Gasteiger partial charge in [0.15, 0.2) is 0 Å². The Morgan fingerprint density at radius 3 is 2.71 bits per heavy atom. The van der Waals surface area contributed by atoms with Crippen molar-refractivity contribution in [3.8, 4) is 17.1 Å². The first-order valence-electron chi connectivity index (χ1n) is 6.64. The van der Waals surface area contributed by atoms with Crippen LogP contribution in [0.4, 0.5) is 4.39 Å². The summed E-state index contributed by atoms with van der Waals surface area (Å²) in [6.45, 7) is 3.98. The number of benzene rings is 2. The SMILES string of the molecule is CC(C)n1c(-c2cc(F)ccc2O)nc2cccc(Cl)c21. The summed E-state index contributed by atoms with van der Waals surface area (Å²) in [5.41, 5.74) is 1.86. The van der Waals surface area contributed by atoms with Crippen molar-refractivity contribution < 1.29 is 9.50 Å². The predicted octanol–water partition coefficient (Wildman–Crippen LogP) is 4.78. The quantitative estimate of drug-likeness (QED) is 0.739. The van der Waals surface area contributed by atoms with E-state index in [0.29, 0.717) is 16.4 Å². The first kappa shape index (κ1) is 13.9. The molecule has 21 heavy (non-hydrogen) atoms. The highest BCUT2D eigenvalue weighted by Crippen LogP contribution is 2.36. The van der Waals surface area contributed by atoms with Gasteiger partial charge in [-0.25, -0.2) is 9.37 Å². The van der Waals surface area contributed by atoms with E-state index in [1.165, 1.54) is 18.2 Å². The first-order valence-corrected chi connectivity index (χ1v) is 7.02. The number of aromatic nitrogens is 2. The molecule has 2 aromatic carbocycles. The molecular formula is C16H14ClFN2O. The Morgan fingerprint density at radius 1 is 1.24 bits per heavy atom. The number of para-hydroxylation sites is 1. The molecule has 1 aromatic heterocycles. The number of hydrogen-bond acceptors (Lipinski definition) is 2. The van der Waals surface area contributed by atoms with Crippen molar-refractivity contribution in [2.24, 2.45) is 0 Å². The number of fused-ring (bicyclic) bond motifs is 1. The smallest absolute Gasteiger partial charge is 0.145 e. The lowest BCUT2D eigenvalue weighted by molar-refractivity contribution is 0.474. The third kappa shape index (κ3) is 2.25. The van der Waals surface area contributed by atoms with Gasteiger partial charge in [0.25, 0.3) is 0 Å². The molecule has 0 saturated heterocycles. The summed E-state index contributed by atoms with van der Waals surface area (Å²) < 4.78 is 15.4. The van der Waals surface area contributed by atoms with Crippen LogP contribution in [0, 0.1) is 5.82 Å². The zero-order valence-corrected chi connectivity index (χ0v) is 12.4. The van der Waals surface area contributed by atoms with Gasteiger partial charge in [-0.2, -0.15) is 0 Å². The van der Waals surface area contributed by atoms with E-state index in [1.54, 1.807) is 6.07 Å². The molecule has 0 aliphatic carbocycles. The van der Waals surface area contributed by atoms with Crippen LogP contribution in [-0.2, 0) is 0 Å². The van der Waals surface area contributed by atoms with Crippen LogP contribution in [0.5, 0.6) is 5.75 Å². The van der Waals surface area contributed by atoms with Crippen LogP contribution >= 0.6 is 11.6 Å². The lowest BCUT2D eigenvalue weighted by Crippen LogP contribution is -2.03. The van der Waals surface area contributed by atoms with E-state index in [9.17, 15) is 9.50 Å². The number of aromatic hydroxyl groups is 1. The molecule has 3 aromatic rings. The molecule has 0 bridgehead atoms. The summed E-state index contributed by atoms with van der Waals surface area (Å²) in [7, 11) is 0.